The van der Waals surface area contributed by atoms with Crippen LogP contribution in [0.25, 0.3) is 5.69 Å². The fourth-order valence-corrected chi connectivity index (χ4v) is 3.47. The van der Waals surface area contributed by atoms with E-state index in [4.69, 9.17) is 16.2 Å². The summed E-state index contributed by atoms with van der Waals surface area (Å²) in [7, 11) is -3.57. The zero-order valence-electron chi connectivity index (χ0n) is 14.0. The van der Waals surface area contributed by atoms with E-state index < -0.39 is 27.3 Å². The average molecular weight is 362 g/mol. The SMILES string of the molecule is CC1(C)Oc2c(C(=O)N=C(N)N)cc(S(C)(=O)=O)cc2-n2cccc21. The van der Waals surface area contributed by atoms with Crippen molar-refractivity contribution in [1.82, 2.24) is 4.57 Å². The first-order valence-corrected chi connectivity index (χ1v) is 9.29. The van der Waals surface area contributed by atoms with Gasteiger partial charge in [0.2, 0.25) is 0 Å². The molecular weight excluding hydrogens is 344 g/mol. The molecule has 8 nitrogen and oxygen atoms in total. The van der Waals surface area contributed by atoms with Crippen LogP contribution < -0.4 is 16.2 Å². The van der Waals surface area contributed by atoms with Crippen molar-refractivity contribution in [1.29, 1.82) is 0 Å². The number of hydrogen-bond acceptors (Lipinski definition) is 4. The number of rotatable bonds is 2. The summed E-state index contributed by atoms with van der Waals surface area (Å²) in [5, 5.41) is 0. The minimum Gasteiger partial charge on any atom is -0.479 e. The fourth-order valence-electron chi connectivity index (χ4n) is 2.81. The maximum atomic E-state index is 12.4. The molecular formula is C16H18N4O4S. The van der Waals surface area contributed by atoms with Gasteiger partial charge in [-0.15, -0.1) is 0 Å². The first-order valence-electron chi connectivity index (χ1n) is 7.40. The smallest absolute Gasteiger partial charge is 0.284 e. The van der Waals surface area contributed by atoms with Gasteiger partial charge in [0.1, 0.15) is 5.60 Å². The number of hydrogen-bond donors (Lipinski definition) is 2. The number of nitrogens with two attached hydrogens (primary N) is 2. The standard InChI is InChI=1S/C16H18N4O4S/c1-16(2)12-5-4-6-20(12)11-8-9(25(3,22)23)7-10(13(11)24-16)14(21)19-15(17)18/h4-8H,1-3H3,(H4,17,18,19,21). The molecule has 0 aliphatic carbocycles. The van der Waals surface area contributed by atoms with E-state index in [9.17, 15) is 13.2 Å². The number of fused-ring (bicyclic) bond motifs is 3. The maximum Gasteiger partial charge on any atom is 0.284 e. The Morgan fingerprint density at radius 1 is 1.28 bits per heavy atom. The molecule has 25 heavy (non-hydrogen) atoms. The van der Waals surface area contributed by atoms with Crippen LogP contribution in [0.3, 0.4) is 0 Å². The molecule has 0 atom stereocenters. The van der Waals surface area contributed by atoms with Crippen LogP contribution in [-0.4, -0.2) is 31.1 Å². The Labute approximate surface area is 145 Å². The Kier molecular flexibility index (Phi) is 3.64. The van der Waals surface area contributed by atoms with Gasteiger partial charge in [-0.05, 0) is 38.1 Å². The van der Waals surface area contributed by atoms with Crippen LogP contribution in [0.1, 0.15) is 29.9 Å². The Hall–Kier alpha value is -2.81. The third-order valence-electron chi connectivity index (χ3n) is 3.91. The van der Waals surface area contributed by atoms with Crippen molar-refractivity contribution < 1.29 is 17.9 Å². The Bertz CT molecular complexity index is 1010. The van der Waals surface area contributed by atoms with E-state index in [2.05, 4.69) is 4.99 Å². The van der Waals surface area contributed by atoms with E-state index in [1.54, 1.807) is 10.8 Å². The summed E-state index contributed by atoms with van der Waals surface area (Å²) in [6.45, 7) is 3.70. The van der Waals surface area contributed by atoms with E-state index in [0.29, 0.717) is 5.69 Å². The van der Waals surface area contributed by atoms with Crippen LogP contribution in [0.4, 0.5) is 0 Å². The fraction of sp³-hybridized carbons (Fsp3) is 0.250. The number of benzene rings is 1. The topological polar surface area (TPSA) is 130 Å². The lowest BCUT2D eigenvalue weighted by molar-refractivity contribution is 0.0865. The largest absolute Gasteiger partial charge is 0.479 e. The number of sulfone groups is 1. The maximum absolute atomic E-state index is 12.4. The van der Waals surface area contributed by atoms with Crippen LogP contribution in [0.15, 0.2) is 40.4 Å². The Morgan fingerprint density at radius 3 is 2.56 bits per heavy atom. The molecule has 0 saturated carbocycles. The second-order valence-electron chi connectivity index (χ2n) is 6.31. The zero-order chi connectivity index (χ0) is 18.6. The van der Waals surface area contributed by atoms with Crippen LogP contribution in [0.2, 0.25) is 0 Å². The van der Waals surface area contributed by atoms with Crippen molar-refractivity contribution in [2.45, 2.75) is 24.3 Å². The molecule has 0 unspecified atom stereocenters. The minimum absolute atomic E-state index is 0.0150. The van der Waals surface area contributed by atoms with E-state index in [1.807, 2.05) is 26.0 Å². The molecule has 9 heteroatoms. The van der Waals surface area contributed by atoms with Crippen LogP contribution >= 0.6 is 0 Å². The van der Waals surface area contributed by atoms with Gasteiger partial charge in [-0.2, -0.15) is 4.99 Å². The van der Waals surface area contributed by atoms with Crippen molar-refractivity contribution >= 4 is 21.7 Å². The zero-order valence-corrected chi connectivity index (χ0v) is 14.8. The van der Waals surface area contributed by atoms with Crippen molar-refractivity contribution in [3.63, 3.8) is 0 Å². The summed E-state index contributed by atoms with van der Waals surface area (Å²) in [6.07, 6.45) is 2.84. The van der Waals surface area contributed by atoms with Crippen LogP contribution in [0, 0.1) is 0 Å². The van der Waals surface area contributed by atoms with Crippen molar-refractivity contribution in [3.05, 3.63) is 41.7 Å². The molecule has 2 heterocycles. The molecule has 2 aromatic rings. The van der Waals surface area contributed by atoms with E-state index >= 15 is 0 Å². The van der Waals surface area contributed by atoms with E-state index in [0.717, 1.165) is 11.9 Å². The molecule has 0 fully saturated rings. The number of ether oxygens (including phenoxy) is 1. The first kappa shape index (κ1) is 17.0. The highest BCUT2D eigenvalue weighted by Crippen LogP contribution is 2.42. The second kappa shape index (κ2) is 5.35. The minimum atomic E-state index is -3.57. The predicted molar refractivity (Wildman–Crippen MR) is 92.7 cm³/mol. The quantitative estimate of drug-likeness (QED) is 0.603. The van der Waals surface area contributed by atoms with Crippen LogP contribution in [0.5, 0.6) is 5.75 Å². The highest BCUT2D eigenvalue weighted by atomic mass is 32.2. The molecule has 4 N–H and O–H groups in total. The molecule has 1 aliphatic heterocycles. The van der Waals surface area contributed by atoms with Gasteiger partial charge in [-0.1, -0.05) is 0 Å². The molecule has 0 radical (unpaired) electrons. The molecule has 132 valence electrons. The van der Waals surface area contributed by atoms with Gasteiger partial charge in [-0.3, -0.25) is 4.79 Å². The second-order valence-corrected chi connectivity index (χ2v) is 8.32. The number of carbonyl (C=O) groups is 1. The number of aromatic nitrogens is 1. The molecule has 0 spiro atoms. The highest BCUT2D eigenvalue weighted by molar-refractivity contribution is 7.90. The van der Waals surface area contributed by atoms with Gasteiger partial charge in [0.25, 0.3) is 5.91 Å². The van der Waals surface area contributed by atoms with E-state index in [-0.39, 0.29) is 16.2 Å². The molecule has 1 amide bonds. The van der Waals surface area contributed by atoms with Gasteiger partial charge in [0.15, 0.2) is 21.5 Å². The lowest BCUT2D eigenvalue weighted by Crippen LogP contribution is -2.33. The van der Waals surface area contributed by atoms with Gasteiger partial charge in [0, 0.05) is 12.5 Å². The Morgan fingerprint density at radius 2 is 1.96 bits per heavy atom. The summed E-state index contributed by atoms with van der Waals surface area (Å²) in [5.41, 5.74) is 11.1. The predicted octanol–water partition coefficient (Wildman–Crippen LogP) is 0.922. The first-order chi connectivity index (χ1) is 11.5. The van der Waals surface area contributed by atoms with Crippen molar-refractivity contribution in [2.75, 3.05) is 6.26 Å². The molecule has 1 aromatic heterocycles. The molecule has 1 aromatic carbocycles. The summed E-state index contributed by atoms with van der Waals surface area (Å²) < 4.78 is 31.9. The number of guanidine groups is 1. The molecule has 1 aliphatic rings. The average Bonchev–Trinajstić information content (AvgIpc) is 2.95. The molecule has 0 bridgehead atoms. The number of nitrogens with zero attached hydrogens (tertiary/aromatic N) is 2. The van der Waals surface area contributed by atoms with Gasteiger partial charge >= 0.3 is 0 Å². The van der Waals surface area contributed by atoms with Gasteiger partial charge in [0.05, 0.1) is 21.8 Å². The van der Waals surface area contributed by atoms with Crippen molar-refractivity contribution in [3.8, 4) is 11.4 Å². The van der Waals surface area contributed by atoms with Gasteiger partial charge < -0.3 is 20.8 Å². The summed E-state index contributed by atoms with van der Waals surface area (Å²) in [5.74, 6) is -0.954. The third-order valence-corrected chi connectivity index (χ3v) is 5.01. The molecule has 3 rings (SSSR count). The summed E-state index contributed by atoms with van der Waals surface area (Å²) >= 11 is 0. The summed E-state index contributed by atoms with van der Waals surface area (Å²) in [6, 6.07) is 6.39. The molecule has 0 saturated heterocycles. The third kappa shape index (κ3) is 2.86. The lowest BCUT2D eigenvalue weighted by atomic mass is 10.0. The summed E-state index contributed by atoms with van der Waals surface area (Å²) in [4.78, 5) is 15.9. The normalized spacial score (nSPS) is 14.8. The highest BCUT2D eigenvalue weighted by Gasteiger charge is 2.36. The lowest BCUT2D eigenvalue weighted by Gasteiger charge is -2.35. The van der Waals surface area contributed by atoms with Crippen LogP contribution in [-0.2, 0) is 15.4 Å². The number of carbonyl (C=O) groups excluding carboxylic acids is 1. The van der Waals surface area contributed by atoms with Crippen molar-refractivity contribution in [2.24, 2.45) is 16.5 Å². The monoisotopic (exact) mass is 362 g/mol. The Balaban J connectivity index is 2.37. The van der Waals surface area contributed by atoms with Gasteiger partial charge in [-0.25, -0.2) is 8.42 Å². The number of aliphatic imine (C=N–C) groups is 1. The number of amides is 1. The van der Waals surface area contributed by atoms with E-state index in [1.165, 1.54) is 12.1 Å².